The average molecular weight is 329 g/mol. The number of rotatable bonds is 1. The lowest BCUT2D eigenvalue weighted by molar-refractivity contribution is 0.0688. The van der Waals surface area contributed by atoms with Crippen molar-refractivity contribution in [3.05, 3.63) is 36.3 Å². The molecule has 4 rings (SSSR count). The molecule has 4 heterocycles. The molecule has 0 spiro atoms. The zero-order chi connectivity index (χ0) is 15.8. The monoisotopic (exact) mass is 329 g/mol. The Hall–Kier alpha value is -2.02. The first-order chi connectivity index (χ1) is 11.2. The molecule has 6 nitrogen and oxygen atoms in total. The molecule has 2 aliphatic rings. The van der Waals surface area contributed by atoms with Crippen LogP contribution in [-0.2, 0) is 0 Å². The molecule has 0 aromatic carbocycles. The van der Waals surface area contributed by atoms with Crippen LogP contribution < -0.4 is 0 Å². The van der Waals surface area contributed by atoms with Crippen LogP contribution in [0, 0.1) is 0 Å². The molecule has 1 amide bonds. The minimum Gasteiger partial charge on any atom is -0.348 e. The largest absolute Gasteiger partial charge is 0.348 e. The van der Waals surface area contributed by atoms with Crippen LogP contribution in [0.3, 0.4) is 0 Å². The zero-order valence-corrected chi connectivity index (χ0v) is 13.9. The first-order valence-corrected chi connectivity index (χ1v) is 8.78. The van der Waals surface area contributed by atoms with Gasteiger partial charge in [-0.25, -0.2) is 4.98 Å². The van der Waals surface area contributed by atoms with Gasteiger partial charge >= 0.3 is 0 Å². The Morgan fingerprint density at radius 3 is 2.78 bits per heavy atom. The van der Waals surface area contributed by atoms with E-state index >= 15 is 0 Å². The third-order valence-electron chi connectivity index (χ3n) is 4.21. The number of thioether (sulfide) groups is 1. The van der Waals surface area contributed by atoms with E-state index in [-0.39, 0.29) is 5.91 Å². The number of hydrogen-bond acceptors (Lipinski definition) is 5. The van der Waals surface area contributed by atoms with Gasteiger partial charge in [-0.2, -0.15) is 0 Å². The third kappa shape index (κ3) is 2.81. The highest BCUT2D eigenvalue weighted by Crippen LogP contribution is 2.23. The maximum Gasteiger partial charge on any atom is 0.274 e. The summed E-state index contributed by atoms with van der Waals surface area (Å²) in [5, 5.41) is 1.71. The Balaban J connectivity index is 1.42. The van der Waals surface area contributed by atoms with E-state index in [1.807, 2.05) is 51.7 Å². The zero-order valence-electron chi connectivity index (χ0n) is 13.1. The second-order valence-electron chi connectivity index (χ2n) is 5.92. The van der Waals surface area contributed by atoms with E-state index in [0.717, 1.165) is 43.5 Å². The number of piperazine rings is 1. The molecule has 2 aliphatic heterocycles. The Kier molecular flexibility index (Phi) is 3.72. The van der Waals surface area contributed by atoms with Crippen molar-refractivity contribution in [2.75, 3.05) is 32.7 Å². The fourth-order valence-electron chi connectivity index (χ4n) is 2.94. The lowest BCUT2D eigenvalue weighted by Gasteiger charge is -2.35. The fraction of sp³-hybridized carbons (Fsp3) is 0.438. The number of amidine groups is 1. The number of fused-ring (bicyclic) bond motifs is 1. The first kappa shape index (κ1) is 14.6. The van der Waals surface area contributed by atoms with Gasteiger partial charge < -0.3 is 14.2 Å². The van der Waals surface area contributed by atoms with Gasteiger partial charge in [0.1, 0.15) is 11.3 Å². The Morgan fingerprint density at radius 2 is 2.09 bits per heavy atom. The van der Waals surface area contributed by atoms with Crippen molar-refractivity contribution >= 4 is 28.5 Å². The van der Waals surface area contributed by atoms with Crippen LogP contribution >= 0.6 is 11.8 Å². The van der Waals surface area contributed by atoms with Gasteiger partial charge in [-0.15, -0.1) is 0 Å². The van der Waals surface area contributed by atoms with E-state index in [1.54, 1.807) is 0 Å². The summed E-state index contributed by atoms with van der Waals surface area (Å²) in [6.45, 7) is 6.24. The minimum absolute atomic E-state index is 0.0164. The number of carbonyl (C=O) groups excluding carboxylic acids is 1. The van der Waals surface area contributed by atoms with Crippen molar-refractivity contribution < 1.29 is 4.79 Å². The molecule has 2 aromatic rings. The molecular formula is C16H19N5OS. The highest BCUT2D eigenvalue weighted by atomic mass is 32.2. The van der Waals surface area contributed by atoms with Crippen molar-refractivity contribution in [3.8, 4) is 0 Å². The molecule has 0 saturated carbocycles. The minimum atomic E-state index is 0.0164. The predicted octanol–water partition coefficient (Wildman–Crippen LogP) is 1.58. The maximum absolute atomic E-state index is 12.6. The summed E-state index contributed by atoms with van der Waals surface area (Å²) in [6.07, 6.45) is 3.72. The molecule has 0 aliphatic carbocycles. The van der Waals surface area contributed by atoms with Gasteiger partial charge in [-0.3, -0.25) is 9.79 Å². The molecule has 23 heavy (non-hydrogen) atoms. The normalized spacial score (nSPS) is 21.8. The maximum atomic E-state index is 12.6. The highest BCUT2D eigenvalue weighted by Gasteiger charge is 2.27. The summed E-state index contributed by atoms with van der Waals surface area (Å²) in [5.41, 5.74) is 1.33. The van der Waals surface area contributed by atoms with Gasteiger partial charge in [0.2, 0.25) is 0 Å². The molecule has 1 atom stereocenters. The number of aromatic nitrogens is 2. The Labute approximate surface area is 139 Å². The van der Waals surface area contributed by atoms with E-state index in [4.69, 9.17) is 0 Å². The van der Waals surface area contributed by atoms with Crippen molar-refractivity contribution in [2.24, 2.45) is 4.99 Å². The van der Waals surface area contributed by atoms with E-state index < -0.39 is 0 Å². The smallest absolute Gasteiger partial charge is 0.274 e. The van der Waals surface area contributed by atoms with Gasteiger partial charge in [0.25, 0.3) is 5.91 Å². The van der Waals surface area contributed by atoms with E-state index in [9.17, 15) is 4.79 Å². The SMILES string of the molecule is C[C@H]1CN=C(N2CCN(C(=O)c3cn4ccccc4n3)CC2)S1. The molecule has 7 heteroatoms. The third-order valence-corrected chi connectivity index (χ3v) is 5.36. The molecular weight excluding hydrogens is 310 g/mol. The van der Waals surface area contributed by atoms with Crippen molar-refractivity contribution in [2.45, 2.75) is 12.2 Å². The van der Waals surface area contributed by atoms with Gasteiger partial charge in [0, 0.05) is 43.8 Å². The van der Waals surface area contributed by atoms with Gasteiger partial charge in [0.05, 0.1) is 6.54 Å². The molecule has 0 unspecified atom stereocenters. The van der Waals surface area contributed by atoms with Crippen LogP contribution in [0.1, 0.15) is 17.4 Å². The number of imidazole rings is 1. The van der Waals surface area contributed by atoms with Crippen molar-refractivity contribution in [1.29, 1.82) is 0 Å². The lowest BCUT2D eigenvalue weighted by atomic mass is 10.3. The lowest BCUT2D eigenvalue weighted by Crippen LogP contribution is -2.50. The Morgan fingerprint density at radius 1 is 1.26 bits per heavy atom. The highest BCUT2D eigenvalue weighted by molar-refractivity contribution is 8.14. The second-order valence-corrected chi connectivity index (χ2v) is 7.33. The molecule has 0 radical (unpaired) electrons. The summed E-state index contributed by atoms with van der Waals surface area (Å²) < 4.78 is 1.88. The fourth-order valence-corrected chi connectivity index (χ4v) is 3.93. The summed E-state index contributed by atoms with van der Waals surface area (Å²) >= 11 is 1.84. The molecule has 0 bridgehead atoms. The molecule has 2 aromatic heterocycles. The summed E-state index contributed by atoms with van der Waals surface area (Å²) in [5.74, 6) is 0.0164. The molecule has 1 saturated heterocycles. The van der Waals surface area contributed by atoms with Gasteiger partial charge in [-0.05, 0) is 12.1 Å². The first-order valence-electron chi connectivity index (χ1n) is 7.90. The number of nitrogens with zero attached hydrogens (tertiary/aromatic N) is 5. The summed E-state index contributed by atoms with van der Waals surface area (Å²) in [4.78, 5) is 25.8. The van der Waals surface area contributed by atoms with Crippen LogP contribution in [0.5, 0.6) is 0 Å². The predicted molar refractivity (Wildman–Crippen MR) is 92.0 cm³/mol. The number of carbonyl (C=O) groups is 1. The van der Waals surface area contributed by atoms with Gasteiger partial charge in [0.15, 0.2) is 5.17 Å². The van der Waals surface area contributed by atoms with Crippen LogP contribution in [0.4, 0.5) is 0 Å². The average Bonchev–Trinajstić information content (AvgIpc) is 3.20. The topological polar surface area (TPSA) is 53.2 Å². The molecule has 0 N–H and O–H groups in total. The van der Waals surface area contributed by atoms with Crippen molar-refractivity contribution in [3.63, 3.8) is 0 Å². The van der Waals surface area contributed by atoms with Crippen LogP contribution in [0.2, 0.25) is 0 Å². The van der Waals surface area contributed by atoms with E-state index in [1.165, 1.54) is 0 Å². The van der Waals surface area contributed by atoms with Crippen LogP contribution in [0.25, 0.3) is 5.65 Å². The number of hydrogen-bond donors (Lipinski definition) is 0. The van der Waals surface area contributed by atoms with E-state index in [2.05, 4.69) is 21.8 Å². The van der Waals surface area contributed by atoms with Crippen molar-refractivity contribution in [1.82, 2.24) is 19.2 Å². The second kappa shape index (κ2) is 5.88. The Bertz CT molecular complexity index is 730. The quantitative estimate of drug-likeness (QED) is 0.797. The molecule has 120 valence electrons. The molecule has 1 fully saturated rings. The summed E-state index contributed by atoms with van der Waals surface area (Å²) in [7, 11) is 0. The van der Waals surface area contributed by atoms with Crippen LogP contribution in [-0.4, -0.2) is 68.2 Å². The standard InChI is InChI=1S/C16H19N5OS/c1-12-10-17-16(23-12)20-8-6-19(7-9-20)15(22)13-11-21-5-3-2-4-14(21)18-13/h2-5,11-12H,6-10H2,1H3/t12-/m0/s1. The van der Waals surface area contributed by atoms with Gasteiger partial charge in [-0.1, -0.05) is 24.8 Å². The summed E-state index contributed by atoms with van der Waals surface area (Å²) in [6, 6.07) is 5.77. The van der Waals surface area contributed by atoms with E-state index in [0.29, 0.717) is 10.9 Å². The number of amides is 1. The van der Waals surface area contributed by atoms with Crippen LogP contribution in [0.15, 0.2) is 35.6 Å². The number of aliphatic imine (C=N–C) groups is 1. The number of pyridine rings is 1.